The van der Waals surface area contributed by atoms with Crippen molar-refractivity contribution in [3.63, 3.8) is 0 Å². The zero-order valence-corrected chi connectivity index (χ0v) is 8.10. The molecular weight excluding hydrogens is 176 g/mol. The Bertz CT molecular complexity index is 370. The van der Waals surface area contributed by atoms with E-state index in [4.69, 9.17) is 10.00 Å². The van der Waals surface area contributed by atoms with Gasteiger partial charge in [0.25, 0.3) is 0 Å². The third kappa shape index (κ3) is 1.39. The highest BCUT2D eigenvalue weighted by atomic mass is 16.5. The van der Waals surface area contributed by atoms with Crippen molar-refractivity contribution in [1.29, 1.82) is 5.26 Å². The first-order valence-corrected chi connectivity index (χ1v) is 4.75. The second-order valence-electron chi connectivity index (χ2n) is 3.24. The van der Waals surface area contributed by atoms with Gasteiger partial charge in [-0.25, -0.2) is 0 Å². The van der Waals surface area contributed by atoms with E-state index in [-0.39, 0.29) is 6.10 Å². The zero-order valence-electron chi connectivity index (χ0n) is 8.10. The van der Waals surface area contributed by atoms with E-state index >= 15 is 0 Å². The highest BCUT2D eigenvalue weighted by molar-refractivity contribution is 5.60. The van der Waals surface area contributed by atoms with E-state index in [1.165, 1.54) is 0 Å². The van der Waals surface area contributed by atoms with E-state index in [1.807, 2.05) is 24.3 Å². The van der Waals surface area contributed by atoms with Gasteiger partial charge < -0.3 is 9.64 Å². The molecule has 0 spiro atoms. The van der Waals surface area contributed by atoms with Crippen molar-refractivity contribution in [2.45, 2.75) is 13.0 Å². The molecule has 0 radical (unpaired) electrons. The number of anilines is 1. The molecule has 0 aliphatic carbocycles. The zero-order chi connectivity index (χ0) is 9.97. The van der Waals surface area contributed by atoms with Crippen LogP contribution in [0.3, 0.4) is 0 Å². The number of likely N-dealkylation sites (N-methyl/N-ethyl adjacent to an activating group) is 1. The Balaban J connectivity index is 2.36. The number of fused-ring (bicyclic) bond motifs is 1. The molecule has 2 rings (SSSR count). The van der Waals surface area contributed by atoms with Crippen LogP contribution in [0, 0.1) is 11.3 Å². The molecule has 1 aromatic carbocycles. The molecule has 0 saturated carbocycles. The van der Waals surface area contributed by atoms with Gasteiger partial charge in [-0.05, 0) is 19.1 Å². The van der Waals surface area contributed by atoms with Gasteiger partial charge in [0.1, 0.15) is 11.8 Å². The van der Waals surface area contributed by atoms with E-state index < -0.39 is 0 Å². The van der Waals surface area contributed by atoms with Gasteiger partial charge in [0.2, 0.25) is 6.10 Å². The Morgan fingerprint density at radius 2 is 2.36 bits per heavy atom. The monoisotopic (exact) mass is 188 g/mol. The number of nitrogens with zero attached hydrogens (tertiary/aromatic N) is 2. The van der Waals surface area contributed by atoms with Crippen LogP contribution >= 0.6 is 0 Å². The lowest BCUT2D eigenvalue weighted by Crippen LogP contribution is -2.39. The van der Waals surface area contributed by atoms with Crippen molar-refractivity contribution in [1.82, 2.24) is 0 Å². The van der Waals surface area contributed by atoms with Gasteiger partial charge in [-0.1, -0.05) is 12.1 Å². The first kappa shape index (κ1) is 8.89. The van der Waals surface area contributed by atoms with Crippen molar-refractivity contribution in [2.24, 2.45) is 0 Å². The van der Waals surface area contributed by atoms with Crippen LogP contribution in [-0.4, -0.2) is 19.2 Å². The van der Waals surface area contributed by atoms with Gasteiger partial charge in [0.05, 0.1) is 12.2 Å². The molecule has 1 heterocycles. The van der Waals surface area contributed by atoms with E-state index in [2.05, 4.69) is 17.9 Å². The minimum atomic E-state index is -0.343. The van der Waals surface area contributed by atoms with Crippen LogP contribution < -0.4 is 9.64 Å². The highest BCUT2D eigenvalue weighted by Crippen LogP contribution is 2.32. The topological polar surface area (TPSA) is 36.3 Å². The molecular formula is C11H12N2O. The van der Waals surface area contributed by atoms with E-state index in [1.54, 1.807) is 0 Å². The third-order valence-electron chi connectivity index (χ3n) is 2.39. The Morgan fingerprint density at radius 3 is 3.07 bits per heavy atom. The lowest BCUT2D eigenvalue weighted by molar-refractivity contribution is 0.246. The molecule has 1 aliphatic heterocycles. The fourth-order valence-corrected chi connectivity index (χ4v) is 1.67. The number of hydrogen-bond acceptors (Lipinski definition) is 3. The summed E-state index contributed by atoms with van der Waals surface area (Å²) in [5.41, 5.74) is 1.08. The largest absolute Gasteiger partial charge is 0.472 e. The average Bonchev–Trinajstić information content (AvgIpc) is 2.27. The SMILES string of the molecule is CCN1C[C@@H](C#N)Oc2ccccc21. The van der Waals surface area contributed by atoms with Crippen LogP contribution in [0.2, 0.25) is 0 Å². The summed E-state index contributed by atoms with van der Waals surface area (Å²) in [5.74, 6) is 0.812. The normalized spacial score (nSPS) is 19.4. The van der Waals surface area contributed by atoms with Gasteiger partial charge in [0.15, 0.2) is 0 Å². The Hall–Kier alpha value is -1.69. The van der Waals surface area contributed by atoms with Crippen LogP contribution in [0.15, 0.2) is 24.3 Å². The number of hydrogen-bond donors (Lipinski definition) is 0. The van der Waals surface area contributed by atoms with Crippen LogP contribution in [0.4, 0.5) is 5.69 Å². The summed E-state index contributed by atoms with van der Waals surface area (Å²) in [6.45, 7) is 3.64. The van der Waals surface area contributed by atoms with Crippen molar-refractivity contribution in [3.05, 3.63) is 24.3 Å². The number of benzene rings is 1. The van der Waals surface area contributed by atoms with E-state index in [0.29, 0.717) is 6.54 Å². The fraction of sp³-hybridized carbons (Fsp3) is 0.364. The molecule has 0 amide bonds. The van der Waals surface area contributed by atoms with Gasteiger partial charge in [0, 0.05) is 6.54 Å². The maximum atomic E-state index is 8.83. The molecule has 0 unspecified atom stereocenters. The molecule has 0 fully saturated rings. The van der Waals surface area contributed by atoms with E-state index in [0.717, 1.165) is 18.0 Å². The molecule has 0 saturated heterocycles. The van der Waals surface area contributed by atoms with Crippen molar-refractivity contribution in [2.75, 3.05) is 18.0 Å². The van der Waals surface area contributed by atoms with Crippen molar-refractivity contribution < 1.29 is 4.74 Å². The van der Waals surface area contributed by atoms with Gasteiger partial charge >= 0.3 is 0 Å². The second-order valence-corrected chi connectivity index (χ2v) is 3.24. The minimum absolute atomic E-state index is 0.343. The molecule has 1 atom stereocenters. The van der Waals surface area contributed by atoms with Crippen molar-refractivity contribution >= 4 is 5.69 Å². The van der Waals surface area contributed by atoms with Crippen molar-refractivity contribution in [3.8, 4) is 11.8 Å². The lowest BCUT2D eigenvalue weighted by Gasteiger charge is -2.32. The molecule has 72 valence electrons. The molecule has 3 heteroatoms. The maximum Gasteiger partial charge on any atom is 0.201 e. The summed E-state index contributed by atoms with van der Waals surface area (Å²) >= 11 is 0. The summed E-state index contributed by atoms with van der Waals surface area (Å²) < 4.78 is 5.51. The van der Waals surface area contributed by atoms with Crippen LogP contribution in [0.1, 0.15) is 6.92 Å². The average molecular weight is 188 g/mol. The predicted molar refractivity (Wildman–Crippen MR) is 54.4 cm³/mol. The number of rotatable bonds is 1. The summed E-state index contributed by atoms with van der Waals surface area (Å²) in [6, 6.07) is 9.98. The van der Waals surface area contributed by atoms with Gasteiger partial charge in [-0.3, -0.25) is 0 Å². The summed E-state index contributed by atoms with van der Waals surface area (Å²) in [7, 11) is 0. The molecule has 0 N–H and O–H groups in total. The summed E-state index contributed by atoms with van der Waals surface area (Å²) in [4.78, 5) is 2.16. The highest BCUT2D eigenvalue weighted by Gasteiger charge is 2.23. The number of nitriles is 1. The molecule has 3 nitrogen and oxygen atoms in total. The number of para-hydroxylation sites is 2. The molecule has 0 aromatic heterocycles. The quantitative estimate of drug-likeness (QED) is 0.674. The molecule has 14 heavy (non-hydrogen) atoms. The molecule has 1 aliphatic rings. The summed E-state index contributed by atoms with van der Waals surface area (Å²) in [5, 5.41) is 8.83. The lowest BCUT2D eigenvalue weighted by atomic mass is 10.2. The van der Waals surface area contributed by atoms with Crippen LogP contribution in [-0.2, 0) is 0 Å². The second kappa shape index (κ2) is 3.59. The first-order valence-electron chi connectivity index (χ1n) is 4.75. The molecule has 0 bridgehead atoms. The fourth-order valence-electron chi connectivity index (χ4n) is 1.67. The minimum Gasteiger partial charge on any atom is -0.472 e. The Labute approximate surface area is 83.5 Å². The first-order chi connectivity index (χ1) is 6.85. The van der Waals surface area contributed by atoms with Gasteiger partial charge in [-0.15, -0.1) is 0 Å². The van der Waals surface area contributed by atoms with Crippen LogP contribution in [0.5, 0.6) is 5.75 Å². The third-order valence-corrected chi connectivity index (χ3v) is 2.39. The molecule has 1 aromatic rings. The maximum absolute atomic E-state index is 8.83. The van der Waals surface area contributed by atoms with E-state index in [9.17, 15) is 0 Å². The Kier molecular flexibility index (Phi) is 2.28. The van der Waals surface area contributed by atoms with Crippen LogP contribution in [0.25, 0.3) is 0 Å². The predicted octanol–water partition coefficient (Wildman–Crippen LogP) is 1.80. The Morgan fingerprint density at radius 1 is 1.57 bits per heavy atom. The van der Waals surface area contributed by atoms with Gasteiger partial charge in [-0.2, -0.15) is 5.26 Å². The summed E-state index contributed by atoms with van der Waals surface area (Å²) in [6.07, 6.45) is -0.343. The smallest absolute Gasteiger partial charge is 0.201 e. The standard InChI is InChI=1S/C11H12N2O/c1-2-13-8-9(7-12)14-11-6-4-3-5-10(11)13/h3-6,9H,2,8H2,1H3/t9-/m1/s1. The number of ether oxygens (including phenoxy) is 1.